The minimum atomic E-state index is 0.928. The monoisotopic (exact) mass is 678 g/mol. The van der Waals surface area contributed by atoms with Crippen molar-refractivity contribution in [1.29, 1.82) is 0 Å². The second-order valence-electron chi connectivity index (χ2n) is 13.3. The molecule has 10 aromatic rings. The number of anilines is 3. The van der Waals surface area contributed by atoms with E-state index in [-0.39, 0.29) is 0 Å². The van der Waals surface area contributed by atoms with Gasteiger partial charge in [0.05, 0.1) is 22.4 Å². The lowest BCUT2D eigenvalue weighted by Crippen LogP contribution is -2.09. The first-order valence-electron chi connectivity index (χ1n) is 18.0. The Hall–Kier alpha value is -7.17. The number of pyridine rings is 1. The molecular weight excluding hydrogens is 645 g/mol. The third-order valence-electron chi connectivity index (χ3n) is 10.1. The Labute approximate surface area is 308 Å². The van der Waals surface area contributed by atoms with E-state index in [9.17, 15) is 0 Å². The van der Waals surface area contributed by atoms with Crippen molar-refractivity contribution in [2.24, 2.45) is 0 Å². The second kappa shape index (κ2) is 12.9. The molecule has 4 nitrogen and oxygen atoms in total. The Morgan fingerprint density at radius 1 is 0.396 bits per heavy atom. The Bertz CT molecular complexity index is 2850. The molecule has 0 aliphatic heterocycles. The maximum absolute atomic E-state index is 5.09. The third-order valence-corrected chi connectivity index (χ3v) is 10.1. The van der Waals surface area contributed by atoms with Gasteiger partial charge in [-0.2, -0.15) is 0 Å². The smallest absolute Gasteiger partial charge is 0.137 e. The van der Waals surface area contributed by atoms with Crippen LogP contribution in [-0.2, 0) is 0 Å². The van der Waals surface area contributed by atoms with Crippen molar-refractivity contribution in [2.45, 2.75) is 0 Å². The van der Waals surface area contributed by atoms with Crippen LogP contribution in [0.15, 0.2) is 206 Å². The molecule has 0 saturated heterocycles. The molecule has 0 atom stereocenters. The number of rotatable bonds is 7. The number of aromatic nitrogens is 3. The minimum Gasteiger partial charge on any atom is -0.311 e. The average molecular weight is 679 g/mol. The summed E-state index contributed by atoms with van der Waals surface area (Å²) in [5, 5.41) is 2.50. The molecule has 0 aliphatic rings. The molecule has 0 bridgehead atoms. The van der Waals surface area contributed by atoms with Crippen molar-refractivity contribution in [3.8, 4) is 39.3 Å². The first-order chi connectivity index (χ1) is 26.3. The van der Waals surface area contributed by atoms with Gasteiger partial charge in [0.1, 0.15) is 5.65 Å². The van der Waals surface area contributed by atoms with Crippen molar-refractivity contribution in [3.05, 3.63) is 206 Å². The molecule has 3 aromatic heterocycles. The lowest BCUT2D eigenvalue weighted by atomic mass is 10.0. The fourth-order valence-corrected chi connectivity index (χ4v) is 7.67. The van der Waals surface area contributed by atoms with Crippen molar-refractivity contribution >= 4 is 44.5 Å². The van der Waals surface area contributed by atoms with Crippen LogP contribution in [0.4, 0.5) is 17.1 Å². The van der Waals surface area contributed by atoms with Crippen LogP contribution in [0.2, 0.25) is 0 Å². The Morgan fingerprint density at radius 2 is 0.962 bits per heavy atom. The number of hydrogen-bond donors (Lipinski definition) is 0. The van der Waals surface area contributed by atoms with Gasteiger partial charge in [-0.15, -0.1) is 0 Å². The zero-order chi connectivity index (χ0) is 35.1. The van der Waals surface area contributed by atoms with E-state index in [1.54, 1.807) is 0 Å². The summed E-state index contributed by atoms with van der Waals surface area (Å²) in [7, 11) is 0. The lowest BCUT2D eigenvalue weighted by molar-refractivity contribution is 1.18. The minimum absolute atomic E-state index is 0.928. The highest BCUT2D eigenvalue weighted by Gasteiger charge is 2.18. The maximum atomic E-state index is 5.09. The summed E-state index contributed by atoms with van der Waals surface area (Å²) < 4.78 is 4.54. The van der Waals surface area contributed by atoms with E-state index in [0.29, 0.717) is 0 Å². The molecule has 4 heteroatoms. The normalized spacial score (nSPS) is 11.4. The number of nitrogens with zero attached hydrogens (tertiary/aromatic N) is 4. The van der Waals surface area contributed by atoms with E-state index in [2.05, 4.69) is 214 Å². The first kappa shape index (κ1) is 30.6. The van der Waals surface area contributed by atoms with Gasteiger partial charge in [-0.1, -0.05) is 121 Å². The largest absolute Gasteiger partial charge is 0.311 e. The summed E-state index contributed by atoms with van der Waals surface area (Å²) in [5.41, 5.74) is 14.4. The molecule has 0 unspecified atom stereocenters. The molecule has 0 amide bonds. The van der Waals surface area contributed by atoms with Gasteiger partial charge in [0.2, 0.25) is 0 Å². The Balaban J connectivity index is 1.02. The van der Waals surface area contributed by atoms with Crippen molar-refractivity contribution in [2.75, 3.05) is 4.90 Å². The lowest BCUT2D eigenvalue weighted by Gasteiger charge is -2.26. The fourth-order valence-electron chi connectivity index (χ4n) is 7.67. The highest BCUT2D eigenvalue weighted by molar-refractivity contribution is 6.10. The van der Waals surface area contributed by atoms with Crippen LogP contribution in [0.3, 0.4) is 0 Å². The Kier molecular flexibility index (Phi) is 7.43. The SMILES string of the molecule is c1ccc(-c2c(-c3ccc(N(c4ccccc4)c4ccc(-c5ccc6c(c5)c5ccccc5n6-c5ccccc5)cc4)cc3)nc3ccccn23)cc1. The third kappa shape index (κ3) is 5.36. The molecule has 3 heterocycles. The second-order valence-corrected chi connectivity index (χ2v) is 13.3. The van der Waals surface area contributed by atoms with E-state index in [0.717, 1.165) is 45.2 Å². The van der Waals surface area contributed by atoms with E-state index >= 15 is 0 Å². The molecule has 10 rings (SSSR count). The summed E-state index contributed by atoms with van der Waals surface area (Å²) in [6.07, 6.45) is 2.09. The molecule has 7 aromatic carbocycles. The predicted molar refractivity (Wildman–Crippen MR) is 221 cm³/mol. The quantitative estimate of drug-likeness (QED) is 0.168. The summed E-state index contributed by atoms with van der Waals surface area (Å²) in [6, 6.07) is 71.1. The molecule has 250 valence electrons. The number of imidazole rings is 1. The summed E-state index contributed by atoms with van der Waals surface area (Å²) in [4.78, 5) is 7.40. The Morgan fingerprint density at radius 3 is 1.70 bits per heavy atom. The summed E-state index contributed by atoms with van der Waals surface area (Å²) in [5.74, 6) is 0. The molecule has 0 radical (unpaired) electrons. The number of benzene rings is 7. The molecule has 0 N–H and O–H groups in total. The van der Waals surface area contributed by atoms with Crippen LogP contribution in [0.5, 0.6) is 0 Å². The van der Waals surface area contributed by atoms with Gasteiger partial charge in [0.25, 0.3) is 0 Å². The first-order valence-corrected chi connectivity index (χ1v) is 18.0. The van der Waals surface area contributed by atoms with Gasteiger partial charge in [0.15, 0.2) is 0 Å². The van der Waals surface area contributed by atoms with Gasteiger partial charge in [0, 0.05) is 50.8 Å². The van der Waals surface area contributed by atoms with Gasteiger partial charge in [-0.05, 0) is 90.0 Å². The van der Waals surface area contributed by atoms with Gasteiger partial charge in [-0.3, -0.25) is 4.40 Å². The van der Waals surface area contributed by atoms with Crippen LogP contribution < -0.4 is 4.90 Å². The molecule has 0 saturated carbocycles. The van der Waals surface area contributed by atoms with E-state index in [1.165, 1.54) is 38.6 Å². The maximum Gasteiger partial charge on any atom is 0.137 e. The molecule has 0 fully saturated rings. The highest BCUT2D eigenvalue weighted by Crippen LogP contribution is 2.39. The number of hydrogen-bond acceptors (Lipinski definition) is 2. The van der Waals surface area contributed by atoms with E-state index < -0.39 is 0 Å². The highest BCUT2D eigenvalue weighted by atomic mass is 15.1. The van der Waals surface area contributed by atoms with Gasteiger partial charge in [-0.25, -0.2) is 4.98 Å². The van der Waals surface area contributed by atoms with E-state index in [4.69, 9.17) is 4.98 Å². The van der Waals surface area contributed by atoms with Crippen LogP contribution in [0.25, 0.3) is 66.8 Å². The van der Waals surface area contributed by atoms with Crippen LogP contribution in [0.1, 0.15) is 0 Å². The average Bonchev–Trinajstić information content (AvgIpc) is 3.79. The van der Waals surface area contributed by atoms with Crippen molar-refractivity contribution < 1.29 is 0 Å². The van der Waals surface area contributed by atoms with Gasteiger partial charge >= 0.3 is 0 Å². The van der Waals surface area contributed by atoms with Crippen molar-refractivity contribution in [3.63, 3.8) is 0 Å². The van der Waals surface area contributed by atoms with Crippen LogP contribution >= 0.6 is 0 Å². The molecular formula is C49H34N4. The van der Waals surface area contributed by atoms with Gasteiger partial charge < -0.3 is 9.47 Å². The zero-order valence-corrected chi connectivity index (χ0v) is 28.9. The number of fused-ring (bicyclic) bond motifs is 4. The summed E-state index contributed by atoms with van der Waals surface area (Å²) in [6.45, 7) is 0. The molecule has 0 aliphatic carbocycles. The molecule has 53 heavy (non-hydrogen) atoms. The molecule has 0 spiro atoms. The van der Waals surface area contributed by atoms with Crippen molar-refractivity contribution in [1.82, 2.24) is 14.0 Å². The number of para-hydroxylation sites is 3. The predicted octanol–water partition coefficient (Wildman–Crippen LogP) is 12.9. The topological polar surface area (TPSA) is 25.5 Å². The van der Waals surface area contributed by atoms with Crippen LogP contribution in [-0.4, -0.2) is 14.0 Å². The fraction of sp³-hybridized carbons (Fsp3) is 0. The standard InChI is InChI=1S/C49H34N4/c1-4-14-37(15-5-1)49-48(50-47-22-12-13-33-51(47)49)36-25-30-42(31-26-36)52(39-16-6-2-7-17-39)41-28-23-35(24-29-41)38-27-32-46-44(34-38)43-20-10-11-21-45(43)53(46)40-18-8-3-9-19-40/h1-34H. The zero-order valence-electron chi connectivity index (χ0n) is 28.9. The van der Waals surface area contributed by atoms with Crippen LogP contribution in [0, 0.1) is 0 Å². The van der Waals surface area contributed by atoms with E-state index in [1.807, 2.05) is 6.07 Å². The summed E-state index contributed by atoms with van der Waals surface area (Å²) >= 11 is 0.